The van der Waals surface area contributed by atoms with Crippen molar-refractivity contribution in [1.29, 1.82) is 0 Å². The summed E-state index contributed by atoms with van der Waals surface area (Å²) < 4.78 is 0. The summed E-state index contributed by atoms with van der Waals surface area (Å²) in [5, 5.41) is 0. The number of rotatable bonds is 2. The predicted octanol–water partition coefficient (Wildman–Crippen LogP) is 5.95. The van der Waals surface area contributed by atoms with Crippen molar-refractivity contribution in [2.75, 3.05) is 7.05 Å². The van der Waals surface area contributed by atoms with E-state index in [-0.39, 0.29) is 0 Å². The fourth-order valence-electron chi connectivity index (χ4n) is 4.86. The van der Waals surface area contributed by atoms with Gasteiger partial charge in [-0.1, -0.05) is 48.1 Å². The van der Waals surface area contributed by atoms with Crippen molar-refractivity contribution < 1.29 is 0 Å². The molecule has 0 radical (unpaired) electrons. The molecule has 1 unspecified atom stereocenters. The maximum Gasteiger partial charge on any atom is 0.0408 e. The van der Waals surface area contributed by atoms with Gasteiger partial charge < -0.3 is 4.90 Å². The maximum absolute atomic E-state index is 2.47. The lowest BCUT2D eigenvalue weighted by Crippen LogP contribution is -2.15. The molecule has 0 amide bonds. The number of benzene rings is 1. The number of allylic oxidation sites excluding steroid dienone is 9. The van der Waals surface area contributed by atoms with Gasteiger partial charge in [0.1, 0.15) is 0 Å². The molecule has 1 heterocycles. The van der Waals surface area contributed by atoms with Crippen LogP contribution in [0, 0.1) is 5.92 Å². The Hall–Kier alpha value is -2.54. The minimum absolute atomic E-state index is 0.456. The molecule has 4 aliphatic rings. The standard InChI is InChI=1S/C25H25N/c1-15-9-21-13-23-16(2)17(3)26(4)25(23)14-24(21)22(15)12-18-10-19-7-5-6-8-20(19)11-18/h5-10,13-14,23H,11-12H2,1-4H3. The summed E-state index contributed by atoms with van der Waals surface area (Å²) in [6.45, 7) is 6.78. The molecular weight excluding hydrogens is 314 g/mol. The molecule has 0 N–H and O–H groups in total. The Balaban J connectivity index is 1.51. The van der Waals surface area contributed by atoms with E-state index in [4.69, 9.17) is 0 Å². The van der Waals surface area contributed by atoms with E-state index < -0.39 is 0 Å². The highest BCUT2D eigenvalue weighted by Gasteiger charge is 2.33. The minimum Gasteiger partial charge on any atom is -0.351 e. The van der Waals surface area contributed by atoms with Crippen LogP contribution in [0.15, 0.2) is 87.3 Å². The molecule has 0 saturated heterocycles. The highest BCUT2D eigenvalue weighted by molar-refractivity contribution is 5.70. The summed E-state index contributed by atoms with van der Waals surface area (Å²) in [5.41, 5.74) is 14.5. The summed E-state index contributed by atoms with van der Waals surface area (Å²) in [7, 11) is 2.20. The third-order valence-corrected chi connectivity index (χ3v) is 6.60. The Labute approximate surface area is 156 Å². The number of fused-ring (bicyclic) bond motifs is 3. The van der Waals surface area contributed by atoms with Crippen LogP contribution in [0.3, 0.4) is 0 Å². The second-order valence-corrected chi connectivity index (χ2v) is 8.07. The van der Waals surface area contributed by atoms with Gasteiger partial charge in [0.05, 0.1) is 0 Å². The van der Waals surface area contributed by atoms with Crippen LogP contribution in [0.2, 0.25) is 0 Å². The zero-order chi connectivity index (χ0) is 18.0. The Kier molecular flexibility index (Phi) is 3.31. The Morgan fingerprint density at radius 3 is 2.65 bits per heavy atom. The zero-order valence-electron chi connectivity index (χ0n) is 16.1. The smallest absolute Gasteiger partial charge is 0.0408 e. The summed E-state index contributed by atoms with van der Waals surface area (Å²) in [4.78, 5) is 2.37. The van der Waals surface area contributed by atoms with E-state index in [1.165, 1.54) is 56.0 Å². The second kappa shape index (κ2) is 5.48. The first-order valence-corrected chi connectivity index (χ1v) is 9.57. The average molecular weight is 339 g/mol. The first-order valence-electron chi connectivity index (χ1n) is 9.57. The van der Waals surface area contributed by atoms with Gasteiger partial charge in [-0.25, -0.2) is 0 Å². The molecule has 5 rings (SSSR count). The maximum atomic E-state index is 2.47. The Morgan fingerprint density at radius 1 is 1.04 bits per heavy atom. The largest absolute Gasteiger partial charge is 0.351 e. The fourth-order valence-corrected chi connectivity index (χ4v) is 4.86. The van der Waals surface area contributed by atoms with Crippen LogP contribution in [0.5, 0.6) is 0 Å². The highest BCUT2D eigenvalue weighted by atomic mass is 15.1. The molecular formula is C25H25N. The number of nitrogens with zero attached hydrogens (tertiary/aromatic N) is 1. The third kappa shape index (κ3) is 2.16. The topological polar surface area (TPSA) is 3.24 Å². The minimum atomic E-state index is 0.456. The molecule has 0 saturated carbocycles. The van der Waals surface area contributed by atoms with E-state index in [1.54, 1.807) is 0 Å². The van der Waals surface area contributed by atoms with Gasteiger partial charge >= 0.3 is 0 Å². The average Bonchev–Trinajstić information content (AvgIpc) is 3.24. The number of hydrogen-bond donors (Lipinski definition) is 0. The molecule has 1 aromatic carbocycles. The molecule has 1 atom stereocenters. The molecule has 130 valence electrons. The van der Waals surface area contributed by atoms with Crippen molar-refractivity contribution in [3.8, 4) is 0 Å². The lowest BCUT2D eigenvalue weighted by Gasteiger charge is -2.23. The van der Waals surface area contributed by atoms with Crippen LogP contribution in [0.1, 0.15) is 38.3 Å². The van der Waals surface area contributed by atoms with Gasteiger partial charge in [0.25, 0.3) is 0 Å². The van der Waals surface area contributed by atoms with Crippen LogP contribution in [-0.2, 0) is 6.42 Å². The van der Waals surface area contributed by atoms with Crippen LogP contribution >= 0.6 is 0 Å². The Morgan fingerprint density at radius 2 is 1.85 bits per heavy atom. The second-order valence-electron chi connectivity index (χ2n) is 8.07. The summed E-state index contributed by atoms with van der Waals surface area (Å²) in [5.74, 6) is 0.456. The molecule has 0 spiro atoms. The van der Waals surface area contributed by atoms with Crippen LogP contribution in [-0.4, -0.2) is 11.9 Å². The van der Waals surface area contributed by atoms with Crippen molar-refractivity contribution in [3.05, 3.63) is 98.5 Å². The van der Waals surface area contributed by atoms with Crippen molar-refractivity contribution in [2.24, 2.45) is 5.92 Å². The lowest BCUT2D eigenvalue weighted by atomic mass is 9.87. The SMILES string of the molecule is CC1=CC2=CC3C(=CC2=C1CC1=Cc2ccccc2C1)N(C)C(C)=C3C. The monoisotopic (exact) mass is 339 g/mol. The molecule has 26 heavy (non-hydrogen) atoms. The molecule has 0 fully saturated rings. The van der Waals surface area contributed by atoms with Crippen molar-refractivity contribution in [2.45, 2.75) is 33.6 Å². The molecule has 0 bridgehead atoms. The van der Waals surface area contributed by atoms with Crippen LogP contribution in [0.4, 0.5) is 0 Å². The highest BCUT2D eigenvalue weighted by Crippen LogP contribution is 2.46. The Bertz CT molecular complexity index is 1020. The summed E-state index contributed by atoms with van der Waals surface area (Å²) in [6, 6.07) is 8.79. The van der Waals surface area contributed by atoms with Gasteiger partial charge in [-0.15, -0.1) is 0 Å². The lowest BCUT2D eigenvalue weighted by molar-refractivity contribution is 0.522. The van der Waals surface area contributed by atoms with Gasteiger partial charge in [-0.05, 0) is 78.7 Å². The first-order chi connectivity index (χ1) is 12.5. The molecule has 3 aliphatic carbocycles. The van der Waals surface area contributed by atoms with E-state index in [2.05, 4.69) is 81.3 Å². The molecule has 1 nitrogen and oxygen atoms in total. The zero-order valence-corrected chi connectivity index (χ0v) is 16.1. The van der Waals surface area contributed by atoms with Crippen molar-refractivity contribution >= 4 is 6.08 Å². The molecule has 0 aromatic heterocycles. The van der Waals surface area contributed by atoms with Gasteiger partial charge in [-0.2, -0.15) is 0 Å². The fraction of sp³-hybridized carbons (Fsp3) is 0.280. The van der Waals surface area contributed by atoms with Gasteiger partial charge in [0, 0.05) is 24.4 Å². The summed E-state index contributed by atoms with van der Waals surface area (Å²) >= 11 is 0. The third-order valence-electron chi connectivity index (χ3n) is 6.60. The van der Waals surface area contributed by atoms with E-state index in [9.17, 15) is 0 Å². The van der Waals surface area contributed by atoms with E-state index in [0.29, 0.717) is 5.92 Å². The van der Waals surface area contributed by atoms with E-state index in [1.807, 2.05) is 0 Å². The molecule has 1 aromatic rings. The van der Waals surface area contributed by atoms with E-state index >= 15 is 0 Å². The van der Waals surface area contributed by atoms with E-state index in [0.717, 1.165) is 12.8 Å². The summed E-state index contributed by atoms with van der Waals surface area (Å²) in [6.07, 6.45) is 11.9. The number of hydrogen-bond acceptors (Lipinski definition) is 1. The van der Waals surface area contributed by atoms with Crippen LogP contribution < -0.4 is 0 Å². The first kappa shape index (κ1) is 15.7. The predicted molar refractivity (Wildman–Crippen MR) is 109 cm³/mol. The van der Waals surface area contributed by atoms with Crippen LogP contribution in [0.25, 0.3) is 6.08 Å². The normalized spacial score (nSPS) is 23.5. The van der Waals surface area contributed by atoms with Gasteiger partial charge in [0.2, 0.25) is 0 Å². The van der Waals surface area contributed by atoms with Gasteiger partial charge in [-0.3, -0.25) is 0 Å². The molecule has 1 aliphatic heterocycles. The quantitative estimate of drug-likeness (QED) is 0.643. The van der Waals surface area contributed by atoms with Crippen molar-refractivity contribution in [1.82, 2.24) is 4.90 Å². The molecule has 1 heteroatoms. The van der Waals surface area contributed by atoms with Crippen molar-refractivity contribution in [3.63, 3.8) is 0 Å². The van der Waals surface area contributed by atoms with Gasteiger partial charge in [0.15, 0.2) is 0 Å².